The van der Waals surface area contributed by atoms with Gasteiger partial charge in [0.15, 0.2) is 18.2 Å². The number of carbonyl (C=O) groups is 4. The Kier molecular flexibility index (Phi) is 8.14. The van der Waals surface area contributed by atoms with Crippen LogP contribution in [0.3, 0.4) is 0 Å². The van der Waals surface area contributed by atoms with E-state index in [4.69, 9.17) is 14.2 Å². The Balaban J connectivity index is 1.43. The summed E-state index contributed by atoms with van der Waals surface area (Å²) in [4.78, 5) is 51.5. The Morgan fingerprint density at radius 3 is 2.14 bits per heavy atom. The van der Waals surface area contributed by atoms with Crippen LogP contribution >= 0.6 is 15.9 Å². The SMILES string of the molecule is CC(C)(C)OC(=O)N1CCCC1C(=O)OCC(=O)c1ccc2c(c1)COCc1cc(C(=O)CBr)ccc1-2. The molecule has 8 nitrogen and oxygen atoms in total. The van der Waals surface area contributed by atoms with E-state index in [1.54, 1.807) is 39.0 Å². The van der Waals surface area contributed by atoms with Gasteiger partial charge in [-0.2, -0.15) is 0 Å². The topological polar surface area (TPSA) is 99.2 Å². The van der Waals surface area contributed by atoms with Crippen LogP contribution in [0.2, 0.25) is 0 Å². The average molecular weight is 572 g/mol. The summed E-state index contributed by atoms with van der Waals surface area (Å²) >= 11 is 3.20. The van der Waals surface area contributed by atoms with E-state index >= 15 is 0 Å². The van der Waals surface area contributed by atoms with Crippen molar-refractivity contribution in [3.05, 3.63) is 58.7 Å². The molecule has 196 valence electrons. The molecule has 2 aliphatic rings. The van der Waals surface area contributed by atoms with Crippen LogP contribution in [0, 0.1) is 0 Å². The number of nitrogens with zero attached hydrogens (tertiary/aromatic N) is 1. The fraction of sp³-hybridized carbons (Fsp3) is 0.429. The molecular formula is C28H30BrNO7. The number of esters is 1. The Morgan fingerprint density at radius 1 is 0.973 bits per heavy atom. The van der Waals surface area contributed by atoms with Crippen molar-refractivity contribution >= 4 is 39.6 Å². The van der Waals surface area contributed by atoms with Crippen LogP contribution in [0.4, 0.5) is 4.79 Å². The maximum absolute atomic E-state index is 12.9. The number of ether oxygens (including phenoxy) is 3. The predicted molar refractivity (Wildman–Crippen MR) is 140 cm³/mol. The summed E-state index contributed by atoms with van der Waals surface area (Å²) in [5.41, 5.74) is 3.97. The molecule has 0 spiro atoms. The highest BCUT2D eigenvalue weighted by Gasteiger charge is 2.38. The minimum absolute atomic E-state index is 0.00502. The lowest BCUT2D eigenvalue weighted by atomic mass is 9.93. The third-order valence-corrected chi connectivity index (χ3v) is 6.79. The molecule has 0 saturated carbocycles. The summed E-state index contributed by atoms with van der Waals surface area (Å²) in [6.45, 7) is 5.93. The third-order valence-electron chi connectivity index (χ3n) is 6.28. The molecular weight excluding hydrogens is 542 g/mol. The lowest BCUT2D eigenvalue weighted by Gasteiger charge is -2.27. The van der Waals surface area contributed by atoms with Gasteiger partial charge >= 0.3 is 12.1 Å². The molecule has 0 N–H and O–H groups in total. The van der Waals surface area contributed by atoms with Crippen LogP contribution in [-0.2, 0) is 32.2 Å². The van der Waals surface area contributed by atoms with Gasteiger partial charge in [0.05, 0.1) is 18.5 Å². The summed E-state index contributed by atoms with van der Waals surface area (Å²) < 4.78 is 16.5. The van der Waals surface area contributed by atoms with E-state index in [9.17, 15) is 19.2 Å². The number of likely N-dealkylation sites (tertiary alicyclic amines) is 1. The van der Waals surface area contributed by atoms with E-state index in [2.05, 4.69) is 15.9 Å². The molecule has 2 aromatic carbocycles. The van der Waals surface area contributed by atoms with E-state index in [0.717, 1.165) is 22.3 Å². The quantitative estimate of drug-likeness (QED) is 0.270. The van der Waals surface area contributed by atoms with Crippen molar-refractivity contribution in [1.29, 1.82) is 0 Å². The fourth-order valence-corrected chi connectivity index (χ4v) is 4.84. The van der Waals surface area contributed by atoms with Gasteiger partial charge in [0, 0.05) is 17.7 Å². The minimum Gasteiger partial charge on any atom is -0.456 e. The Hall–Kier alpha value is -3.04. The number of benzene rings is 2. The van der Waals surface area contributed by atoms with Gasteiger partial charge in [-0.25, -0.2) is 9.59 Å². The summed E-state index contributed by atoms with van der Waals surface area (Å²) in [6, 6.07) is 10.1. The van der Waals surface area contributed by atoms with Crippen molar-refractivity contribution in [3.8, 4) is 11.1 Å². The van der Waals surface area contributed by atoms with Gasteiger partial charge in [-0.3, -0.25) is 14.5 Å². The number of hydrogen-bond acceptors (Lipinski definition) is 7. The zero-order valence-corrected chi connectivity index (χ0v) is 22.8. The van der Waals surface area contributed by atoms with E-state index in [-0.39, 0.29) is 16.9 Å². The highest BCUT2D eigenvalue weighted by atomic mass is 79.9. The summed E-state index contributed by atoms with van der Waals surface area (Å²) in [5.74, 6) is -0.965. The molecule has 2 aromatic rings. The predicted octanol–water partition coefficient (Wildman–Crippen LogP) is 5.09. The van der Waals surface area contributed by atoms with Crippen molar-refractivity contribution in [2.45, 2.75) is 58.5 Å². The van der Waals surface area contributed by atoms with Crippen LogP contribution in [0.5, 0.6) is 0 Å². The van der Waals surface area contributed by atoms with Gasteiger partial charge in [-0.05, 0) is 68.0 Å². The van der Waals surface area contributed by atoms with Crippen molar-refractivity contribution in [3.63, 3.8) is 0 Å². The molecule has 2 aliphatic heterocycles. The average Bonchev–Trinajstić information content (AvgIpc) is 3.29. The van der Waals surface area contributed by atoms with Crippen molar-refractivity contribution < 1.29 is 33.4 Å². The number of ketones is 2. The molecule has 0 bridgehead atoms. The minimum atomic E-state index is -0.763. The molecule has 1 fully saturated rings. The van der Waals surface area contributed by atoms with E-state index in [1.165, 1.54) is 4.90 Å². The van der Waals surface area contributed by atoms with E-state index in [1.807, 2.05) is 18.2 Å². The lowest BCUT2D eigenvalue weighted by Crippen LogP contribution is -2.44. The monoisotopic (exact) mass is 571 g/mol. The second-order valence-electron chi connectivity index (χ2n) is 10.2. The number of alkyl halides is 1. The second kappa shape index (κ2) is 11.1. The van der Waals surface area contributed by atoms with Crippen LogP contribution in [-0.4, -0.2) is 58.7 Å². The molecule has 1 unspecified atom stereocenters. The third kappa shape index (κ3) is 6.27. The molecule has 9 heteroatoms. The van der Waals surface area contributed by atoms with Gasteiger partial charge in [-0.15, -0.1) is 0 Å². The first-order valence-electron chi connectivity index (χ1n) is 12.2. The standard InChI is InChI=1S/C28H30BrNO7/c1-28(2,3)37-27(34)30-10-4-5-23(30)26(33)36-16-25(32)18-7-9-22-20(12-18)15-35-14-19-11-17(24(31)13-29)6-8-21(19)22/h6-9,11-12,23H,4-5,10,13-16H2,1-3H3. The number of Topliss-reactive ketones (excluding diaryl/α,β-unsaturated/α-hetero) is 2. The zero-order valence-electron chi connectivity index (χ0n) is 21.2. The number of amides is 1. The highest BCUT2D eigenvalue weighted by molar-refractivity contribution is 9.09. The Labute approximate surface area is 224 Å². The summed E-state index contributed by atoms with van der Waals surface area (Å²) in [7, 11) is 0. The number of fused-ring (bicyclic) bond motifs is 3. The highest BCUT2D eigenvalue weighted by Crippen LogP contribution is 2.33. The van der Waals surface area contributed by atoms with E-state index in [0.29, 0.717) is 43.7 Å². The maximum Gasteiger partial charge on any atom is 0.411 e. The van der Waals surface area contributed by atoms with Gasteiger partial charge in [0.25, 0.3) is 0 Å². The first-order chi connectivity index (χ1) is 17.6. The molecule has 0 radical (unpaired) electrons. The van der Waals surface area contributed by atoms with Crippen molar-refractivity contribution in [2.24, 2.45) is 0 Å². The van der Waals surface area contributed by atoms with Gasteiger partial charge in [0.1, 0.15) is 11.6 Å². The molecule has 0 aliphatic carbocycles. The normalized spacial score (nSPS) is 16.9. The fourth-order valence-electron chi connectivity index (χ4n) is 4.51. The Morgan fingerprint density at radius 2 is 1.57 bits per heavy atom. The van der Waals surface area contributed by atoms with Crippen LogP contribution in [0.1, 0.15) is 65.5 Å². The van der Waals surface area contributed by atoms with E-state index < -0.39 is 30.3 Å². The zero-order chi connectivity index (χ0) is 26.7. The smallest absolute Gasteiger partial charge is 0.411 e. The van der Waals surface area contributed by atoms with Crippen LogP contribution < -0.4 is 0 Å². The van der Waals surface area contributed by atoms with Crippen LogP contribution in [0.15, 0.2) is 36.4 Å². The van der Waals surface area contributed by atoms with Crippen molar-refractivity contribution in [1.82, 2.24) is 4.90 Å². The molecule has 0 aromatic heterocycles. The first-order valence-corrected chi connectivity index (χ1v) is 13.3. The largest absolute Gasteiger partial charge is 0.456 e. The van der Waals surface area contributed by atoms with Gasteiger partial charge in [-0.1, -0.05) is 40.2 Å². The number of carbonyl (C=O) groups excluding carboxylic acids is 4. The van der Waals surface area contributed by atoms with Crippen LogP contribution in [0.25, 0.3) is 11.1 Å². The first kappa shape index (κ1) is 27.0. The maximum atomic E-state index is 12.9. The molecule has 1 amide bonds. The molecule has 1 saturated heterocycles. The molecule has 37 heavy (non-hydrogen) atoms. The lowest BCUT2D eigenvalue weighted by molar-refractivity contribution is -0.147. The number of hydrogen-bond donors (Lipinski definition) is 0. The van der Waals surface area contributed by atoms with Crippen molar-refractivity contribution in [2.75, 3.05) is 18.5 Å². The molecule has 2 heterocycles. The summed E-state index contributed by atoms with van der Waals surface area (Å²) in [6.07, 6.45) is 0.559. The van der Waals surface area contributed by atoms with Gasteiger partial charge in [0.2, 0.25) is 0 Å². The Bertz CT molecular complexity index is 1230. The number of halogens is 1. The summed E-state index contributed by atoms with van der Waals surface area (Å²) in [5, 5.41) is 0.249. The molecule has 4 rings (SSSR count). The molecule has 1 atom stereocenters. The number of rotatable bonds is 6. The van der Waals surface area contributed by atoms with Gasteiger partial charge < -0.3 is 14.2 Å². The second-order valence-corrected chi connectivity index (χ2v) is 10.7.